The van der Waals surface area contributed by atoms with Crippen LogP contribution in [-0.4, -0.2) is 11.9 Å². The van der Waals surface area contributed by atoms with Gasteiger partial charge >= 0.3 is 0 Å². The van der Waals surface area contributed by atoms with Crippen molar-refractivity contribution in [2.75, 3.05) is 0 Å². The first-order chi connectivity index (χ1) is 13.6. The third-order valence-corrected chi connectivity index (χ3v) is 5.26. The van der Waals surface area contributed by atoms with E-state index in [4.69, 9.17) is 27.9 Å². The highest BCUT2D eigenvalue weighted by molar-refractivity contribution is 6.35. The van der Waals surface area contributed by atoms with Gasteiger partial charge in [-0.15, -0.1) is 0 Å². The Hall–Kier alpha value is -2.48. The third kappa shape index (κ3) is 5.28. The number of carbonyl (C=O) groups excluding carboxylic acids is 1. The third-order valence-electron chi connectivity index (χ3n) is 4.67. The minimum Gasteiger partial charge on any atom is -0.488 e. The molecule has 0 aliphatic heterocycles. The summed E-state index contributed by atoms with van der Waals surface area (Å²) in [6.07, 6.45) is 5.71. The van der Waals surface area contributed by atoms with Crippen molar-refractivity contribution in [2.45, 2.75) is 38.3 Å². The lowest BCUT2D eigenvalue weighted by atomic mass is 10.1. The molecule has 28 heavy (non-hydrogen) atoms. The molecular formula is C22H20Cl2N2O2. The number of nitrogens with one attached hydrogen (secondary N) is 1. The Balaban J connectivity index is 1.75. The molecular weight excluding hydrogens is 395 g/mol. The molecule has 1 N–H and O–H groups in total. The summed E-state index contributed by atoms with van der Waals surface area (Å²) in [5.41, 5.74) is 1.52. The molecule has 0 unspecified atom stereocenters. The smallest absolute Gasteiger partial charge is 0.262 e. The van der Waals surface area contributed by atoms with Gasteiger partial charge in [0.2, 0.25) is 0 Å². The van der Waals surface area contributed by atoms with Crippen molar-refractivity contribution in [1.29, 1.82) is 5.26 Å². The van der Waals surface area contributed by atoms with Crippen molar-refractivity contribution in [2.24, 2.45) is 0 Å². The number of amides is 1. The van der Waals surface area contributed by atoms with E-state index in [2.05, 4.69) is 5.32 Å². The molecule has 2 aromatic carbocycles. The van der Waals surface area contributed by atoms with Crippen LogP contribution in [0.2, 0.25) is 10.0 Å². The average molecular weight is 415 g/mol. The number of nitriles is 1. The van der Waals surface area contributed by atoms with Gasteiger partial charge in [-0.3, -0.25) is 4.79 Å². The SMILES string of the molecule is N#CC(=Cc1ccccc1OCc1ccc(Cl)cc1Cl)C(=O)NC1CCCC1. The normalized spacial score (nSPS) is 14.5. The second-order valence-corrected chi connectivity index (χ2v) is 7.53. The molecule has 3 rings (SSSR count). The highest BCUT2D eigenvalue weighted by atomic mass is 35.5. The van der Waals surface area contributed by atoms with Crippen LogP contribution in [0.1, 0.15) is 36.8 Å². The fraction of sp³-hybridized carbons (Fsp3) is 0.273. The van der Waals surface area contributed by atoms with E-state index >= 15 is 0 Å². The molecule has 0 aromatic heterocycles. The van der Waals surface area contributed by atoms with Crippen LogP contribution in [0.25, 0.3) is 6.08 Å². The largest absolute Gasteiger partial charge is 0.488 e. The second-order valence-electron chi connectivity index (χ2n) is 6.69. The maximum Gasteiger partial charge on any atom is 0.262 e. The number of halogens is 2. The molecule has 2 aromatic rings. The van der Waals surface area contributed by atoms with Crippen molar-refractivity contribution in [3.05, 3.63) is 69.2 Å². The Bertz CT molecular complexity index is 928. The predicted octanol–water partition coefficient (Wildman–Crippen LogP) is 5.54. The summed E-state index contributed by atoms with van der Waals surface area (Å²) < 4.78 is 5.89. The molecule has 4 nitrogen and oxygen atoms in total. The highest BCUT2D eigenvalue weighted by Gasteiger charge is 2.19. The summed E-state index contributed by atoms with van der Waals surface area (Å²) in [4.78, 5) is 12.4. The van der Waals surface area contributed by atoms with Gasteiger partial charge in [0.15, 0.2) is 0 Å². The second kappa shape index (κ2) is 9.64. The molecule has 0 atom stereocenters. The Kier molecular flexibility index (Phi) is 6.97. The van der Waals surface area contributed by atoms with E-state index in [1.54, 1.807) is 36.4 Å². The molecule has 0 bridgehead atoms. The lowest BCUT2D eigenvalue weighted by Crippen LogP contribution is -2.33. The van der Waals surface area contributed by atoms with E-state index in [0.717, 1.165) is 31.2 Å². The summed E-state index contributed by atoms with van der Waals surface area (Å²) in [6.45, 7) is 0.247. The van der Waals surface area contributed by atoms with Crippen LogP contribution < -0.4 is 10.1 Å². The number of ether oxygens (including phenoxy) is 1. The van der Waals surface area contributed by atoms with Crippen LogP contribution in [0, 0.1) is 11.3 Å². The van der Waals surface area contributed by atoms with Crippen LogP contribution in [-0.2, 0) is 11.4 Å². The summed E-state index contributed by atoms with van der Waals surface area (Å²) in [7, 11) is 0. The molecule has 0 radical (unpaired) electrons. The van der Waals surface area contributed by atoms with Gasteiger partial charge in [0.1, 0.15) is 24.0 Å². The van der Waals surface area contributed by atoms with Gasteiger partial charge in [-0.25, -0.2) is 0 Å². The number of hydrogen-bond acceptors (Lipinski definition) is 3. The first kappa shape index (κ1) is 20.3. The van der Waals surface area contributed by atoms with Crippen molar-refractivity contribution >= 4 is 35.2 Å². The number of nitrogens with zero attached hydrogens (tertiary/aromatic N) is 1. The average Bonchev–Trinajstić information content (AvgIpc) is 3.19. The van der Waals surface area contributed by atoms with E-state index in [9.17, 15) is 10.1 Å². The van der Waals surface area contributed by atoms with Crippen molar-refractivity contribution < 1.29 is 9.53 Å². The van der Waals surface area contributed by atoms with Gasteiger partial charge in [-0.1, -0.05) is 60.3 Å². The van der Waals surface area contributed by atoms with Gasteiger partial charge in [0.05, 0.1) is 0 Å². The molecule has 6 heteroatoms. The predicted molar refractivity (Wildman–Crippen MR) is 111 cm³/mol. The van der Waals surface area contributed by atoms with Gasteiger partial charge < -0.3 is 10.1 Å². The number of para-hydroxylation sites is 1. The van der Waals surface area contributed by atoms with E-state index in [1.165, 1.54) is 0 Å². The Labute approximate surface area is 174 Å². The lowest BCUT2D eigenvalue weighted by molar-refractivity contribution is -0.117. The van der Waals surface area contributed by atoms with E-state index in [-0.39, 0.29) is 24.1 Å². The molecule has 0 spiro atoms. The van der Waals surface area contributed by atoms with E-state index < -0.39 is 0 Å². The highest BCUT2D eigenvalue weighted by Crippen LogP contribution is 2.26. The number of benzene rings is 2. The summed E-state index contributed by atoms with van der Waals surface area (Å²) in [6, 6.07) is 14.6. The van der Waals surface area contributed by atoms with Gasteiger partial charge in [0, 0.05) is 27.2 Å². The molecule has 1 amide bonds. The zero-order chi connectivity index (χ0) is 19.9. The molecule has 0 heterocycles. The first-order valence-electron chi connectivity index (χ1n) is 9.15. The fourth-order valence-electron chi connectivity index (χ4n) is 3.16. The van der Waals surface area contributed by atoms with Crippen LogP contribution >= 0.6 is 23.2 Å². The number of rotatable bonds is 6. The van der Waals surface area contributed by atoms with E-state index in [1.807, 2.05) is 18.2 Å². The number of carbonyl (C=O) groups is 1. The first-order valence-corrected chi connectivity index (χ1v) is 9.91. The molecule has 144 valence electrons. The molecule has 0 saturated heterocycles. The topological polar surface area (TPSA) is 62.1 Å². The van der Waals surface area contributed by atoms with Gasteiger partial charge in [-0.2, -0.15) is 5.26 Å². The Morgan fingerprint density at radius 1 is 1.21 bits per heavy atom. The van der Waals surface area contributed by atoms with Crippen LogP contribution in [0.3, 0.4) is 0 Å². The molecule has 1 saturated carbocycles. The monoisotopic (exact) mass is 414 g/mol. The van der Waals surface area contributed by atoms with E-state index in [0.29, 0.717) is 21.4 Å². The number of hydrogen-bond donors (Lipinski definition) is 1. The van der Waals surface area contributed by atoms with Crippen LogP contribution in [0.4, 0.5) is 0 Å². The quantitative estimate of drug-likeness (QED) is 0.498. The van der Waals surface area contributed by atoms with Crippen LogP contribution in [0.15, 0.2) is 48.0 Å². The molecule has 1 aliphatic carbocycles. The zero-order valence-electron chi connectivity index (χ0n) is 15.3. The van der Waals surface area contributed by atoms with Crippen molar-refractivity contribution in [3.63, 3.8) is 0 Å². The maximum atomic E-state index is 12.4. The Morgan fingerprint density at radius 2 is 1.96 bits per heavy atom. The van der Waals surface area contributed by atoms with Gasteiger partial charge in [0.25, 0.3) is 5.91 Å². The summed E-state index contributed by atoms with van der Waals surface area (Å²) in [5.74, 6) is 0.222. The van der Waals surface area contributed by atoms with Crippen molar-refractivity contribution in [3.8, 4) is 11.8 Å². The lowest BCUT2D eigenvalue weighted by Gasteiger charge is -2.12. The van der Waals surface area contributed by atoms with Gasteiger partial charge in [-0.05, 0) is 37.1 Å². The summed E-state index contributed by atoms with van der Waals surface area (Å²) in [5, 5.41) is 13.5. The zero-order valence-corrected chi connectivity index (χ0v) is 16.8. The molecule has 1 fully saturated rings. The minimum absolute atomic E-state index is 0.0625. The fourth-order valence-corrected chi connectivity index (χ4v) is 3.63. The standard InChI is InChI=1S/C22H20Cl2N2O2/c23-18-10-9-16(20(24)12-18)14-28-21-8-4-1-5-15(21)11-17(13-25)22(27)26-19-6-2-3-7-19/h1,4-5,8-12,19H,2-3,6-7,14H2,(H,26,27). The summed E-state index contributed by atoms with van der Waals surface area (Å²) >= 11 is 12.1. The van der Waals surface area contributed by atoms with Crippen LogP contribution in [0.5, 0.6) is 5.75 Å². The maximum absolute atomic E-state index is 12.4. The minimum atomic E-state index is -0.343. The molecule has 1 aliphatic rings. The van der Waals surface area contributed by atoms with Crippen molar-refractivity contribution in [1.82, 2.24) is 5.32 Å². The Morgan fingerprint density at radius 3 is 2.68 bits per heavy atom.